The van der Waals surface area contributed by atoms with Crippen LogP contribution in [0.25, 0.3) is 0 Å². The van der Waals surface area contributed by atoms with E-state index in [-0.39, 0.29) is 89.1 Å². The van der Waals surface area contributed by atoms with E-state index in [4.69, 9.17) is 0 Å². The van der Waals surface area contributed by atoms with Crippen LogP contribution in [0.1, 0.15) is 420 Å². The molecule has 1 radical (unpaired) electrons. The van der Waals surface area contributed by atoms with Crippen molar-refractivity contribution in [3.63, 3.8) is 0 Å². The maximum absolute atomic E-state index is 10.1. The number of unbranched alkanes of at least 4 members (excludes halogenated alkanes) is 50. The number of carbonyl (C=O) groups is 5. The number of carboxylic acid groups (broad SMARTS) is 5. The summed E-state index contributed by atoms with van der Waals surface area (Å²) in [6.07, 6.45) is 70.2. The van der Waals surface area contributed by atoms with Crippen LogP contribution in [-0.4, -0.2) is 29.8 Å². The predicted octanol–water partition coefficient (Wildman–Crippen LogP) is 17.2. The van der Waals surface area contributed by atoms with Crippen LogP contribution in [0, 0.1) is 39.9 Å². The summed E-state index contributed by atoms with van der Waals surface area (Å²) in [4.78, 5) is 50.7. The van der Waals surface area contributed by atoms with Gasteiger partial charge in [0.1, 0.15) is 0 Å². The second kappa shape index (κ2) is 91.4. The number of carbonyl (C=O) groups excluding carboxylic acids is 5. The van der Waals surface area contributed by atoms with Crippen molar-refractivity contribution in [2.45, 2.75) is 420 Å². The maximum atomic E-state index is 10.1. The minimum Gasteiger partial charge on any atom is -0.550 e. The number of hydrogen-bond donors (Lipinski definition) is 0. The van der Waals surface area contributed by atoms with Gasteiger partial charge in [0.25, 0.3) is 0 Å². The molecular formula is C70H135FeGdO10. The van der Waals surface area contributed by atoms with E-state index in [0.717, 1.165) is 64.2 Å². The Bertz CT molecular complexity index is 999. The summed E-state index contributed by atoms with van der Waals surface area (Å²) in [6, 6.07) is 0. The van der Waals surface area contributed by atoms with Crippen LogP contribution in [0.3, 0.4) is 0 Å². The van der Waals surface area contributed by atoms with E-state index >= 15 is 0 Å². The molecule has 0 aromatic carbocycles. The van der Waals surface area contributed by atoms with Gasteiger partial charge in [-0.05, 0) is 64.2 Å². The second-order valence-electron chi connectivity index (χ2n) is 23.3. The molecule has 0 N–H and O–H groups in total. The van der Waals surface area contributed by atoms with Gasteiger partial charge >= 0.3 is 57.0 Å². The molecule has 0 atom stereocenters. The monoisotopic (exact) mass is 1350 g/mol. The fourth-order valence-corrected chi connectivity index (χ4v) is 9.67. The van der Waals surface area contributed by atoms with E-state index in [1.54, 1.807) is 0 Å². The first-order valence-corrected chi connectivity index (χ1v) is 34.8. The summed E-state index contributed by atoms with van der Waals surface area (Å²) in [6.45, 7) is 11.2. The SMILES string of the molecule is CCCCCCCCCCCCCC(=O)[O-].CCCCCCCCCCCCCC(=O)[O-].CCCCCCCCCCCCCC(=O)[O-].CCCCCCCCCCCCCC(=O)[O-].CCCCCCCCCCCCCC(=O)[O-].[Fe+2].[Gd+3]. The summed E-state index contributed by atoms with van der Waals surface area (Å²) in [5.74, 6) is -4.53. The Kier molecular flexibility index (Phi) is 106. The first-order valence-electron chi connectivity index (χ1n) is 34.8. The molecule has 0 amide bonds. The molecule has 12 heteroatoms. The molecule has 491 valence electrons. The molecule has 0 saturated carbocycles. The van der Waals surface area contributed by atoms with Gasteiger partial charge in [0, 0.05) is 29.8 Å². The molecule has 0 aliphatic heterocycles. The first-order chi connectivity index (χ1) is 38.9. The number of rotatable bonds is 60. The Hall–Kier alpha value is -0.806. The van der Waals surface area contributed by atoms with E-state index < -0.39 is 29.8 Å². The third-order valence-electron chi connectivity index (χ3n) is 14.9. The van der Waals surface area contributed by atoms with Gasteiger partial charge in [-0.2, -0.15) is 0 Å². The summed E-state index contributed by atoms with van der Waals surface area (Å²) < 4.78 is 0. The predicted molar refractivity (Wildman–Crippen MR) is 330 cm³/mol. The number of carboxylic acids is 5. The zero-order chi connectivity index (χ0) is 60.3. The van der Waals surface area contributed by atoms with Crippen LogP contribution in [0.2, 0.25) is 0 Å². The van der Waals surface area contributed by atoms with Crippen molar-refractivity contribution < 1.29 is 107 Å². The van der Waals surface area contributed by atoms with Crippen molar-refractivity contribution in [1.29, 1.82) is 0 Å². The normalized spacial score (nSPS) is 10.3. The first kappa shape index (κ1) is 94.9. The van der Waals surface area contributed by atoms with Crippen LogP contribution >= 0.6 is 0 Å². The largest absolute Gasteiger partial charge is 3.00 e. The van der Waals surface area contributed by atoms with Gasteiger partial charge < -0.3 is 49.5 Å². The molecule has 0 spiro atoms. The molecule has 0 aromatic rings. The van der Waals surface area contributed by atoms with Crippen LogP contribution < -0.4 is 25.5 Å². The standard InChI is InChI=1S/5C14H28O2.Fe.Gd/c5*1-2-3-4-5-6-7-8-9-10-11-12-13-14(15)16;;/h5*2-13H2,1H3,(H,15,16);;/q;;;;;+2;+3/p-5. The maximum Gasteiger partial charge on any atom is 3.00 e. The molecule has 0 aromatic heterocycles. The van der Waals surface area contributed by atoms with Crippen LogP contribution in [0.4, 0.5) is 0 Å². The van der Waals surface area contributed by atoms with Gasteiger partial charge in [0.2, 0.25) is 0 Å². The third kappa shape index (κ3) is 118. The molecule has 0 aliphatic rings. The minimum atomic E-state index is -0.907. The third-order valence-corrected chi connectivity index (χ3v) is 14.9. The van der Waals surface area contributed by atoms with Crippen molar-refractivity contribution in [3.8, 4) is 0 Å². The summed E-state index contributed by atoms with van der Waals surface area (Å²) >= 11 is 0. The molecule has 0 aliphatic carbocycles. The Morgan fingerprint density at radius 3 is 0.317 bits per heavy atom. The van der Waals surface area contributed by atoms with Crippen molar-refractivity contribution >= 4 is 29.8 Å². The molecule has 0 bridgehead atoms. The smallest absolute Gasteiger partial charge is 0.550 e. The summed E-state index contributed by atoms with van der Waals surface area (Å²) in [5.41, 5.74) is 0. The van der Waals surface area contributed by atoms with Gasteiger partial charge in [0.15, 0.2) is 0 Å². The number of hydrogen-bond acceptors (Lipinski definition) is 10. The van der Waals surface area contributed by atoms with Crippen molar-refractivity contribution in [2.75, 3.05) is 0 Å². The van der Waals surface area contributed by atoms with E-state index in [2.05, 4.69) is 34.6 Å². The van der Waals surface area contributed by atoms with Gasteiger partial charge in [0.05, 0.1) is 0 Å². The molecule has 0 saturated heterocycles. The van der Waals surface area contributed by atoms with Crippen LogP contribution in [0.15, 0.2) is 0 Å². The van der Waals surface area contributed by atoms with Crippen molar-refractivity contribution in [2.24, 2.45) is 0 Å². The van der Waals surface area contributed by atoms with Gasteiger partial charge in [-0.1, -0.05) is 356 Å². The van der Waals surface area contributed by atoms with Gasteiger partial charge in [-0.25, -0.2) is 0 Å². The van der Waals surface area contributed by atoms with E-state index in [9.17, 15) is 49.5 Å². The van der Waals surface area contributed by atoms with Gasteiger partial charge in [-0.15, -0.1) is 0 Å². The van der Waals surface area contributed by atoms with E-state index in [1.165, 1.54) is 289 Å². The molecule has 10 nitrogen and oxygen atoms in total. The van der Waals surface area contributed by atoms with Crippen molar-refractivity contribution in [1.82, 2.24) is 0 Å². The molecule has 0 heterocycles. The quantitative estimate of drug-likeness (QED) is 0.0417. The average Bonchev–Trinajstić information content (AvgIpc) is 3.42. The topological polar surface area (TPSA) is 201 Å². The van der Waals surface area contributed by atoms with Crippen LogP contribution in [0.5, 0.6) is 0 Å². The Labute approximate surface area is 552 Å². The fourth-order valence-electron chi connectivity index (χ4n) is 9.67. The Balaban J connectivity index is -0.000000170. The van der Waals surface area contributed by atoms with E-state index in [0.29, 0.717) is 0 Å². The summed E-state index contributed by atoms with van der Waals surface area (Å²) in [5, 5.41) is 50.7. The number of aliphatic carboxylic acids is 5. The zero-order valence-corrected chi connectivity index (χ0v) is 58.1. The molecular weight excluding hydrogens is 1210 g/mol. The Morgan fingerprint density at radius 1 is 0.171 bits per heavy atom. The molecule has 0 unspecified atom stereocenters. The molecule has 0 rings (SSSR count). The fraction of sp³-hybridized carbons (Fsp3) is 0.929. The van der Waals surface area contributed by atoms with Gasteiger partial charge in [-0.3, -0.25) is 0 Å². The van der Waals surface area contributed by atoms with Crippen LogP contribution in [-0.2, 0) is 41.0 Å². The molecule has 0 fully saturated rings. The van der Waals surface area contributed by atoms with Crippen molar-refractivity contribution in [3.05, 3.63) is 0 Å². The molecule has 82 heavy (non-hydrogen) atoms. The van der Waals surface area contributed by atoms with E-state index in [1.807, 2.05) is 0 Å². The minimum absolute atomic E-state index is 0. The summed E-state index contributed by atoms with van der Waals surface area (Å²) in [7, 11) is 0. The zero-order valence-electron chi connectivity index (χ0n) is 54.7. The second-order valence-corrected chi connectivity index (χ2v) is 23.3. The Morgan fingerprint density at radius 2 is 0.244 bits per heavy atom. The average molecular weight is 1350 g/mol.